The molecule has 3 heterocycles. The Balaban J connectivity index is 1.51. The molecule has 0 radical (unpaired) electrons. The summed E-state index contributed by atoms with van der Waals surface area (Å²) in [5.41, 5.74) is 0.600. The molecule has 2 unspecified atom stereocenters. The van der Waals surface area contributed by atoms with Crippen molar-refractivity contribution in [2.75, 3.05) is 30.8 Å². The molecule has 2 bridgehead atoms. The largest absolute Gasteiger partial charge is 0.359 e. The number of amides is 1. The SMILES string of the molecule is CN(CC1CC1)c1cc(C(=O)N2CC3CC2CS3(=O)=O)ccn1. The average molecular weight is 335 g/mol. The number of anilines is 1. The van der Waals surface area contributed by atoms with Crippen molar-refractivity contribution in [1.29, 1.82) is 0 Å². The number of pyridine rings is 1. The molecule has 2 atom stereocenters. The highest BCUT2D eigenvalue weighted by atomic mass is 32.2. The van der Waals surface area contributed by atoms with Crippen molar-refractivity contribution < 1.29 is 13.2 Å². The lowest BCUT2D eigenvalue weighted by atomic mass is 10.2. The van der Waals surface area contributed by atoms with Crippen LogP contribution in [0.2, 0.25) is 0 Å². The van der Waals surface area contributed by atoms with Crippen molar-refractivity contribution in [1.82, 2.24) is 9.88 Å². The van der Waals surface area contributed by atoms with Gasteiger partial charge in [0, 0.05) is 37.9 Å². The zero-order valence-electron chi connectivity index (χ0n) is 13.2. The summed E-state index contributed by atoms with van der Waals surface area (Å²) in [6.45, 7) is 1.30. The van der Waals surface area contributed by atoms with Crippen molar-refractivity contribution in [2.45, 2.75) is 30.6 Å². The average Bonchev–Trinajstić information content (AvgIpc) is 3.16. The van der Waals surface area contributed by atoms with Crippen LogP contribution in [0.15, 0.2) is 18.3 Å². The van der Waals surface area contributed by atoms with E-state index in [4.69, 9.17) is 0 Å². The molecule has 1 aromatic rings. The number of carbonyl (C=O) groups is 1. The fraction of sp³-hybridized carbons (Fsp3) is 0.625. The van der Waals surface area contributed by atoms with E-state index < -0.39 is 9.84 Å². The number of fused-ring (bicyclic) bond motifs is 2. The highest BCUT2D eigenvalue weighted by Crippen LogP contribution is 2.34. The Morgan fingerprint density at radius 3 is 2.83 bits per heavy atom. The number of likely N-dealkylation sites (tertiary alicyclic amines) is 1. The van der Waals surface area contributed by atoms with Crippen molar-refractivity contribution >= 4 is 21.6 Å². The number of aromatic nitrogens is 1. The first kappa shape index (κ1) is 14.9. The number of hydrogen-bond acceptors (Lipinski definition) is 5. The zero-order valence-corrected chi connectivity index (χ0v) is 14.0. The molecule has 1 aliphatic carbocycles. The molecule has 4 rings (SSSR count). The van der Waals surface area contributed by atoms with Gasteiger partial charge in [0.1, 0.15) is 5.82 Å². The molecule has 1 amide bonds. The third-order valence-corrected chi connectivity index (χ3v) is 7.39. The minimum Gasteiger partial charge on any atom is -0.359 e. The summed E-state index contributed by atoms with van der Waals surface area (Å²) in [5.74, 6) is 1.60. The molecule has 124 valence electrons. The number of hydrogen-bond donors (Lipinski definition) is 0. The van der Waals surface area contributed by atoms with E-state index in [0.29, 0.717) is 18.5 Å². The number of sulfone groups is 1. The van der Waals surface area contributed by atoms with Crippen LogP contribution in [0.1, 0.15) is 29.6 Å². The highest BCUT2D eigenvalue weighted by Gasteiger charge is 2.50. The van der Waals surface area contributed by atoms with Crippen LogP contribution in [0.4, 0.5) is 5.82 Å². The Morgan fingerprint density at radius 2 is 2.22 bits per heavy atom. The summed E-state index contributed by atoms with van der Waals surface area (Å²) in [6.07, 6.45) is 4.80. The molecule has 0 aromatic carbocycles. The number of carbonyl (C=O) groups excluding carboxylic acids is 1. The van der Waals surface area contributed by atoms with Crippen molar-refractivity contribution in [3.05, 3.63) is 23.9 Å². The molecular weight excluding hydrogens is 314 g/mol. The van der Waals surface area contributed by atoms with Gasteiger partial charge >= 0.3 is 0 Å². The van der Waals surface area contributed by atoms with E-state index in [1.165, 1.54) is 12.8 Å². The Morgan fingerprint density at radius 1 is 1.43 bits per heavy atom. The normalized spacial score (nSPS) is 28.1. The van der Waals surface area contributed by atoms with Gasteiger partial charge in [0.05, 0.1) is 11.0 Å². The van der Waals surface area contributed by atoms with Gasteiger partial charge in [0.2, 0.25) is 0 Å². The summed E-state index contributed by atoms with van der Waals surface area (Å²) in [7, 11) is -0.979. The lowest BCUT2D eigenvalue weighted by molar-refractivity contribution is 0.0746. The Kier molecular flexibility index (Phi) is 3.37. The Bertz CT molecular complexity index is 745. The molecule has 7 heteroatoms. The van der Waals surface area contributed by atoms with Crippen LogP contribution in [0, 0.1) is 5.92 Å². The van der Waals surface area contributed by atoms with Crippen molar-refractivity contribution in [3.8, 4) is 0 Å². The summed E-state index contributed by atoms with van der Waals surface area (Å²) in [5, 5.41) is -0.365. The Labute approximate surface area is 136 Å². The minimum absolute atomic E-state index is 0.0733. The van der Waals surface area contributed by atoms with Crippen molar-refractivity contribution in [3.63, 3.8) is 0 Å². The first-order chi connectivity index (χ1) is 10.9. The molecule has 3 fully saturated rings. The first-order valence-corrected chi connectivity index (χ1v) is 9.85. The van der Waals surface area contributed by atoms with Gasteiger partial charge in [-0.2, -0.15) is 0 Å². The van der Waals surface area contributed by atoms with Gasteiger partial charge in [-0.15, -0.1) is 0 Å². The van der Waals surface area contributed by atoms with E-state index >= 15 is 0 Å². The van der Waals surface area contributed by atoms with Gasteiger partial charge in [-0.05, 0) is 37.3 Å². The van der Waals surface area contributed by atoms with Gasteiger partial charge in [-0.3, -0.25) is 4.79 Å². The van der Waals surface area contributed by atoms with Crippen LogP contribution >= 0.6 is 0 Å². The molecule has 0 spiro atoms. The van der Waals surface area contributed by atoms with Crippen LogP contribution in [-0.2, 0) is 9.84 Å². The van der Waals surface area contributed by atoms with E-state index in [1.807, 2.05) is 13.1 Å². The maximum Gasteiger partial charge on any atom is 0.254 e. The second-order valence-electron chi connectivity index (χ2n) is 7.03. The lowest BCUT2D eigenvalue weighted by Gasteiger charge is -2.27. The number of nitrogens with zero attached hydrogens (tertiary/aromatic N) is 3. The number of rotatable bonds is 4. The quantitative estimate of drug-likeness (QED) is 0.819. The van der Waals surface area contributed by atoms with Crippen LogP contribution in [0.5, 0.6) is 0 Å². The monoisotopic (exact) mass is 335 g/mol. The van der Waals surface area contributed by atoms with Crippen LogP contribution in [-0.4, -0.2) is 61.4 Å². The van der Waals surface area contributed by atoms with E-state index in [1.54, 1.807) is 17.2 Å². The highest BCUT2D eigenvalue weighted by molar-refractivity contribution is 7.92. The smallest absolute Gasteiger partial charge is 0.254 e. The van der Waals surface area contributed by atoms with Crippen LogP contribution < -0.4 is 4.90 Å². The first-order valence-electron chi connectivity index (χ1n) is 8.14. The minimum atomic E-state index is -2.98. The van der Waals surface area contributed by atoms with E-state index in [0.717, 1.165) is 18.3 Å². The zero-order chi connectivity index (χ0) is 16.2. The molecule has 23 heavy (non-hydrogen) atoms. The molecule has 0 N–H and O–H groups in total. The fourth-order valence-electron chi connectivity index (χ4n) is 3.65. The standard InChI is InChI=1S/C16H21N3O3S/c1-18(8-11-2-3-11)15-6-12(4-5-17-15)16(20)19-9-14-7-13(19)10-23(14,21)22/h4-6,11,13-14H,2-3,7-10H2,1H3. The molecular formula is C16H21N3O3S. The summed E-state index contributed by atoms with van der Waals surface area (Å²) in [4.78, 5) is 20.9. The maximum atomic E-state index is 12.7. The fourth-order valence-corrected chi connectivity index (χ4v) is 5.68. The van der Waals surface area contributed by atoms with Crippen molar-refractivity contribution in [2.24, 2.45) is 5.92 Å². The molecule has 3 aliphatic rings. The summed E-state index contributed by atoms with van der Waals surface area (Å²) >= 11 is 0. The van der Waals surface area contributed by atoms with Gasteiger partial charge in [0.25, 0.3) is 5.91 Å². The van der Waals surface area contributed by atoms with Gasteiger partial charge < -0.3 is 9.80 Å². The van der Waals surface area contributed by atoms with Crippen LogP contribution in [0.3, 0.4) is 0 Å². The van der Waals surface area contributed by atoms with Gasteiger partial charge in [-0.25, -0.2) is 13.4 Å². The lowest BCUT2D eigenvalue weighted by Crippen LogP contribution is -2.44. The van der Waals surface area contributed by atoms with Gasteiger partial charge in [-0.1, -0.05) is 0 Å². The molecule has 6 nitrogen and oxygen atoms in total. The third kappa shape index (κ3) is 2.71. The van der Waals surface area contributed by atoms with E-state index in [-0.39, 0.29) is 23.0 Å². The molecule has 2 aliphatic heterocycles. The topological polar surface area (TPSA) is 70.6 Å². The summed E-state index contributed by atoms with van der Waals surface area (Å²) < 4.78 is 23.7. The Hall–Kier alpha value is -1.63. The predicted octanol–water partition coefficient (Wildman–Crippen LogP) is 0.939. The second kappa shape index (κ2) is 5.19. The van der Waals surface area contributed by atoms with Crippen LogP contribution in [0.25, 0.3) is 0 Å². The maximum absolute atomic E-state index is 12.7. The second-order valence-corrected chi connectivity index (χ2v) is 9.35. The third-order valence-electron chi connectivity index (χ3n) is 5.18. The van der Waals surface area contributed by atoms with E-state index in [2.05, 4.69) is 9.88 Å². The molecule has 1 aromatic heterocycles. The predicted molar refractivity (Wildman–Crippen MR) is 87.2 cm³/mol. The molecule has 2 saturated heterocycles. The summed E-state index contributed by atoms with van der Waals surface area (Å²) in [6, 6.07) is 3.39. The van der Waals surface area contributed by atoms with E-state index in [9.17, 15) is 13.2 Å². The molecule has 1 saturated carbocycles. The van der Waals surface area contributed by atoms with Gasteiger partial charge in [0.15, 0.2) is 9.84 Å².